The summed E-state index contributed by atoms with van der Waals surface area (Å²) in [5, 5.41) is 2.99. The highest BCUT2D eigenvalue weighted by Gasteiger charge is 2.40. The van der Waals surface area contributed by atoms with Gasteiger partial charge < -0.3 is 4.90 Å². The number of carbonyl (C=O) groups is 1. The quantitative estimate of drug-likeness (QED) is 0.808. The summed E-state index contributed by atoms with van der Waals surface area (Å²) in [4.78, 5) is 18.9. The molecule has 4 heteroatoms. The number of fused-ring (bicyclic) bond motifs is 2. The van der Waals surface area contributed by atoms with Crippen molar-refractivity contribution < 1.29 is 4.79 Å². The van der Waals surface area contributed by atoms with Gasteiger partial charge in [-0.2, -0.15) is 0 Å². The predicted molar refractivity (Wildman–Crippen MR) is 68.4 cm³/mol. The maximum Gasteiger partial charge on any atom is 0.273 e. The lowest BCUT2D eigenvalue weighted by atomic mass is 10.1. The molecular formula is C13H18N2OS. The van der Waals surface area contributed by atoms with Gasteiger partial charge in [0.1, 0.15) is 5.69 Å². The fourth-order valence-electron chi connectivity index (χ4n) is 2.97. The Morgan fingerprint density at radius 2 is 2.35 bits per heavy atom. The number of rotatable bonds is 2. The number of nitrogens with zero attached hydrogens (tertiary/aromatic N) is 2. The fraction of sp³-hybridized carbons (Fsp3) is 0.692. The van der Waals surface area contributed by atoms with Crippen LogP contribution in [0.2, 0.25) is 0 Å². The first-order valence-corrected chi connectivity index (χ1v) is 7.29. The second-order valence-corrected chi connectivity index (χ2v) is 6.41. The summed E-state index contributed by atoms with van der Waals surface area (Å²) in [6, 6.07) is 0.497. The molecule has 92 valence electrons. The molecule has 3 nitrogen and oxygen atoms in total. The molecule has 0 radical (unpaired) electrons. The van der Waals surface area contributed by atoms with Gasteiger partial charge >= 0.3 is 0 Å². The van der Waals surface area contributed by atoms with E-state index in [0.29, 0.717) is 17.7 Å². The van der Waals surface area contributed by atoms with E-state index in [9.17, 15) is 4.79 Å². The molecule has 1 saturated heterocycles. The Morgan fingerprint density at radius 1 is 1.53 bits per heavy atom. The molecule has 1 aliphatic carbocycles. The minimum atomic E-state index is 0.153. The van der Waals surface area contributed by atoms with Crippen LogP contribution in [-0.4, -0.2) is 28.4 Å². The lowest BCUT2D eigenvalue weighted by molar-refractivity contribution is 0.0698. The number of carbonyl (C=O) groups excluding carboxylic acids is 1. The fourth-order valence-corrected chi connectivity index (χ4v) is 3.78. The Bertz CT molecular complexity index is 440. The molecule has 1 amide bonds. The second-order valence-electron chi connectivity index (χ2n) is 5.52. The smallest absolute Gasteiger partial charge is 0.273 e. The van der Waals surface area contributed by atoms with Crippen molar-refractivity contribution in [2.45, 2.75) is 45.1 Å². The van der Waals surface area contributed by atoms with Crippen LogP contribution in [0.3, 0.4) is 0 Å². The van der Waals surface area contributed by atoms with Crippen molar-refractivity contribution in [3.8, 4) is 0 Å². The van der Waals surface area contributed by atoms with E-state index < -0.39 is 0 Å². The van der Waals surface area contributed by atoms with Crippen LogP contribution < -0.4 is 0 Å². The summed E-state index contributed by atoms with van der Waals surface area (Å²) < 4.78 is 0. The molecule has 1 aromatic heterocycles. The van der Waals surface area contributed by atoms with Gasteiger partial charge in [0.05, 0.1) is 5.01 Å². The lowest BCUT2D eigenvalue weighted by Crippen LogP contribution is -2.37. The van der Waals surface area contributed by atoms with Crippen molar-refractivity contribution in [2.75, 3.05) is 6.54 Å². The van der Waals surface area contributed by atoms with Crippen LogP contribution in [0.15, 0.2) is 5.38 Å². The van der Waals surface area contributed by atoms with E-state index in [2.05, 4.69) is 18.8 Å². The van der Waals surface area contributed by atoms with E-state index in [1.54, 1.807) is 11.3 Å². The highest BCUT2D eigenvalue weighted by atomic mass is 32.1. The van der Waals surface area contributed by atoms with E-state index in [-0.39, 0.29) is 5.91 Å². The summed E-state index contributed by atoms with van der Waals surface area (Å²) in [5.74, 6) is 1.32. The topological polar surface area (TPSA) is 33.2 Å². The number of hydrogen-bond acceptors (Lipinski definition) is 3. The Labute approximate surface area is 106 Å². The molecule has 2 heterocycles. The van der Waals surface area contributed by atoms with Crippen molar-refractivity contribution in [3.05, 3.63) is 16.1 Å². The molecule has 0 spiro atoms. The molecular weight excluding hydrogens is 232 g/mol. The van der Waals surface area contributed by atoms with Crippen molar-refractivity contribution in [3.63, 3.8) is 0 Å². The number of piperidine rings is 1. The summed E-state index contributed by atoms with van der Waals surface area (Å²) in [5.41, 5.74) is 0.659. The summed E-state index contributed by atoms with van der Waals surface area (Å²) >= 11 is 1.61. The second kappa shape index (κ2) is 4.09. The maximum atomic E-state index is 12.3. The molecule has 3 rings (SSSR count). The van der Waals surface area contributed by atoms with Crippen molar-refractivity contribution >= 4 is 17.2 Å². The van der Waals surface area contributed by atoms with Gasteiger partial charge in [0.15, 0.2) is 0 Å². The Kier molecular flexibility index (Phi) is 2.69. The zero-order valence-corrected chi connectivity index (χ0v) is 11.2. The van der Waals surface area contributed by atoms with Crippen LogP contribution in [0, 0.1) is 5.92 Å². The number of likely N-dealkylation sites (tertiary alicyclic amines) is 1. The average Bonchev–Trinajstić information content (AvgIpc) is 3.03. The zero-order valence-electron chi connectivity index (χ0n) is 10.3. The van der Waals surface area contributed by atoms with Gasteiger partial charge in [-0.15, -0.1) is 11.3 Å². The average molecular weight is 250 g/mol. The minimum Gasteiger partial charge on any atom is -0.334 e. The molecule has 0 aromatic carbocycles. The summed E-state index contributed by atoms with van der Waals surface area (Å²) in [7, 11) is 0. The molecule has 1 aromatic rings. The first-order valence-electron chi connectivity index (χ1n) is 6.41. The van der Waals surface area contributed by atoms with E-state index in [1.807, 2.05) is 10.3 Å². The van der Waals surface area contributed by atoms with Gasteiger partial charge in [-0.05, 0) is 25.2 Å². The SMILES string of the molecule is CC(C)c1nc(C(=O)N2CC3CCC2C3)cs1. The van der Waals surface area contributed by atoms with Gasteiger partial charge in [0.25, 0.3) is 5.91 Å². The molecule has 2 atom stereocenters. The van der Waals surface area contributed by atoms with Crippen LogP contribution in [0.25, 0.3) is 0 Å². The molecule has 17 heavy (non-hydrogen) atoms. The number of aromatic nitrogens is 1. The largest absolute Gasteiger partial charge is 0.334 e. The number of hydrogen-bond donors (Lipinski definition) is 0. The minimum absolute atomic E-state index is 0.153. The highest BCUT2D eigenvalue weighted by Crippen LogP contribution is 2.38. The number of amides is 1. The van der Waals surface area contributed by atoms with Gasteiger partial charge in [-0.25, -0.2) is 4.98 Å². The van der Waals surface area contributed by atoms with E-state index in [0.717, 1.165) is 17.5 Å². The molecule has 2 unspecified atom stereocenters. The van der Waals surface area contributed by atoms with E-state index >= 15 is 0 Å². The highest BCUT2D eigenvalue weighted by molar-refractivity contribution is 7.09. The predicted octanol–water partition coefficient (Wildman–Crippen LogP) is 2.89. The van der Waals surface area contributed by atoms with Crippen LogP contribution in [0.1, 0.15) is 54.5 Å². The van der Waals surface area contributed by atoms with E-state index in [4.69, 9.17) is 0 Å². The van der Waals surface area contributed by atoms with Crippen molar-refractivity contribution in [1.82, 2.24) is 9.88 Å². The number of thiazole rings is 1. The molecule has 2 fully saturated rings. The molecule has 2 bridgehead atoms. The zero-order chi connectivity index (χ0) is 12.0. The van der Waals surface area contributed by atoms with E-state index in [1.165, 1.54) is 19.3 Å². The summed E-state index contributed by atoms with van der Waals surface area (Å²) in [6.45, 7) is 5.19. The van der Waals surface area contributed by atoms with Gasteiger partial charge in [0.2, 0.25) is 0 Å². The molecule has 1 aliphatic heterocycles. The Hall–Kier alpha value is -0.900. The Balaban J connectivity index is 1.77. The van der Waals surface area contributed by atoms with Crippen LogP contribution in [0.5, 0.6) is 0 Å². The van der Waals surface area contributed by atoms with Crippen molar-refractivity contribution in [2.24, 2.45) is 5.92 Å². The normalized spacial score (nSPS) is 27.1. The third-order valence-corrected chi connectivity index (χ3v) is 5.05. The van der Waals surface area contributed by atoms with Crippen LogP contribution in [0.4, 0.5) is 0 Å². The monoisotopic (exact) mass is 250 g/mol. The van der Waals surface area contributed by atoms with Gasteiger partial charge in [-0.3, -0.25) is 4.79 Å². The van der Waals surface area contributed by atoms with Crippen LogP contribution >= 0.6 is 11.3 Å². The molecule has 1 saturated carbocycles. The van der Waals surface area contributed by atoms with Gasteiger partial charge in [0, 0.05) is 23.9 Å². The molecule has 0 N–H and O–H groups in total. The standard InChI is InChI=1S/C13H18N2OS/c1-8(2)12-14-11(7-17-12)13(16)15-6-9-3-4-10(15)5-9/h7-10H,3-6H2,1-2H3. The lowest BCUT2D eigenvalue weighted by Gasteiger charge is -2.26. The van der Waals surface area contributed by atoms with Gasteiger partial charge in [-0.1, -0.05) is 13.8 Å². The molecule has 2 aliphatic rings. The summed E-state index contributed by atoms with van der Waals surface area (Å²) in [6.07, 6.45) is 3.72. The third kappa shape index (κ3) is 1.88. The van der Waals surface area contributed by atoms with Crippen molar-refractivity contribution in [1.29, 1.82) is 0 Å². The maximum absolute atomic E-state index is 12.3. The van der Waals surface area contributed by atoms with Crippen LogP contribution in [-0.2, 0) is 0 Å². The third-order valence-electron chi connectivity index (χ3n) is 3.91. The Morgan fingerprint density at radius 3 is 2.88 bits per heavy atom. The first kappa shape index (κ1) is 11.2. The first-order chi connectivity index (χ1) is 8.15.